The van der Waals surface area contributed by atoms with Crippen molar-refractivity contribution in [2.45, 2.75) is 5.92 Å². The van der Waals surface area contributed by atoms with Crippen molar-refractivity contribution < 1.29 is 4.42 Å². The number of furan rings is 1. The van der Waals surface area contributed by atoms with E-state index < -0.39 is 0 Å². The van der Waals surface area contributed by atoms with Gasteiger partial charge in [-0.15, -0.1) is 0 Å². The van der Waals surface area contributed by atoms with Gasteiger partial charge in [-0.2, -0.15) is 0 Å². The summed E-state index contributed by atoms with van der Waals surface area (Å²) in [5.41, 5.74) is 6.56. The lowest BCUT2D eigenvalue weighted by atomic mass is 10.0. The van der Waals surface area contributed by atoms with E-state index in [2.05, 4.69) is 9.97 Å². The Kier molecular flexibility index (Phi) is 2.55. The van der Waals surface area contributed by atoms with Crippen LogP contribution in [0.3, 0.4) is 0 Å². The summed E-state index contributed by atoms with van der Waals surface area (Å²) in [7, 11) is 0. The Balaban J connectivity index is 2.31. The molecule has 0 aliphatic heterocycles. The van der Waals surface area contributed by atoms with Crippen molar-refractivity contribution in [3.05, 3.63) is 48.4 Å². The molecule has 2 aromatic rings. The molecule has 14 heavy (non-hydrogen) atoms. The van der Waals surface area contributed by atoms with E-state index >= 15 is 0 Å². The minimum atomic E-state index is 0.0213. The van der Waals surface area contributed by atoms with Crippen LogP contribution in [0.2, 0.25) is 0 Å². The molecule has 2 heterocycles. The standard InChI is InChI=1S/C10H11N3O/c11-6-8(10-2-1-5-14-10)9-3-4-12-7-13-9/h1-5,7-8H,6,11H2. The van der Waals surface area contributed by atoms with Crippen LogP contribution in [0.1, 0.15) is 17.4 Å². The third-order valence-electron chi connectivity index (χ3n) is 2.08. The lowest BCUT2D eigenvalue weighted by Gasteiger charge is -2.10. The van der Waals surface area contributed by atoms with Crippen LogP contribution in [0, 0.1) is 0 Å². The number of nitrogens with two attached hydrogens (primary N) is 1. The average Bonchev–Trinajstić information content (AvgIpc) is 2.74. The number of hydrogen-bond acceptors (Lipinski definition) is 4. The molecule has 0 aliphatic rings. The van der Waals surface area contributed by atoms with Gasteiger partial charge in [0.25, 0.3) is 0 Å². The third kappa shape index (κ3) is 1.65. The van der Waals surface area contributed by atoms with Crippen molar-refractivity contribution >= 4 is 0 Å². The number of hydrogen-bond donors (Lipinski definition) is 1. The van der Waals surface area contributed by atoms with Crippen molar-refractivity contribution in [3.63, 3.8) is 0 Å². The van der Waals surface area contributed by atoms with Crippen LogP contribution in [-0.2, 0) is 0 Å². The van der Waals surface area contributed by atoms with Crippen molar-refractivity contribution in [2.75, 3.05) is 6.54 Å². The van der Waals surface area contributed by atoms with Gasteiger partial charge in [0.15, 0.2) is 0 Å². The van der Waals surface area contributed by atoms with Crippen LogP contribution >= 0.6 is 0 Å². The molecule has 0 fully saturated rings. The molecule has 2 aromatic heterocycles. The van der Waals surface area contributed by atoms with Crippen LogP contribution < -0.4 is 5.73 Å². The normalized spacial score (nSPS) is 12.6. The third-order valence-corrected chi connectivity index (χ3v) is 2.08. The van der Waals surface area contributed by atoms with Crippen molar-refractivity contribution in [2.24, 2.45) is 5.73 Å². The molecule has 4 heteroatoms. The Labute approximate surface area is 81.8 Å². The van der Waals surface area contributed by atoms with Crippen LogP contribution in [0.5, 0.6) is 0 Å². The van der Waals surface area contributed by atoms with Gasteiger partial charge in [-0.05, 0) is 18.2 Å². The number of nitrogens with zero attached hydrogens (tertiary/aromatic N) is 2. The fraction of sp³-hybridized carbons (Fsp3) is 0.200. The van der Waals surface area contributed by atoms with Gasteiger partial charge in [0.05, 0.1) is 17.9 Å². The quantitative estimate of drug-likeness (QED) is 0.786. The van der Waals surface area contributed by atoms with Crippen molar-refractivity contribution in [1.29, 1.82) is 0 Å². The molecule has 0 aromatic carbocycles. The molecule has 2 rings (SSSR count). The Hall–Kier alpha value is -1.68. The first-order chi connectivity index (χ1) is 6.92. The molecule has 0 saturated heterocycles. The first kappa shape index (κ1) is 8.90. The van der Waals surface area contributed by atoms with E-state index in [-0.39, 0.29) is 5.92 Å². The number of rotatable bonds is 3. The highest BCUT2D eigenvalue weighted by Gasteiger charge is 2.15. The van der Waals surface area contributed by atoms with Gasteiger partial charge >= 0.3 is 0 Å². The van der Waals surface area contributed by atoms with Crippen LogP contribution in [0.4, 0.5) is 0 Å². The molecule has 0 aliphatic carbocycles. The van der Waals surface area contributed by atoms with Gasteiger partial charge in [0.1, 0.15) is 12.1 Å². The van der Waals surface area contributed by atoms with Gasteiger partial charge in [0.2, 0.25) is 0 Å². The largest absolute Gasteiger partial charge is 0.469 e. The first-order valence-corrected chi connectivity index (χ1v) is 4.41. The summed E-state index contributed by atoms with van der Waals surface area (Å²) >= 11 is 0. The summed E-state index contributed by atoms with van der Waals surface area (Å²) in [4.78, 5) is 8.02. The molecule has 2 N–H and O–H groups in total. The maximum absolute atomic E-state index is 5.68. The van der Waals surface area contributed by atoms with E-state index in [4.69, 9.17) is 10.2 Å². The highest BCUT2D eigenvalue weighted by molar-refractivity contribution is 5.19. The topological polar surface area (TPSA) is 64.9 Å². The Bertz CT molecular complexity index is 372. The van der Waals surface area contributed by atoms with Crippen LogP contribution in [0.25, 0.3) is 0 Å². The highest BCUT2D eigenvalue weighted by atomic mass is 16.3. The second kappa shape index (κ2) is 4.02. The first-order valence-electron chi connectivity index (χ1n) is 4.41. The molecular formula is C10H11N3O. The van der Waals surface area contributed by atoms with E-state index in [0.29, 0.717) is 6.54 Å². The fourth-order valence-corrected chi connectivity index (χ4v) is 1.38. The number of aromatic nitrogens is 2. The highest BCUT2D eigenvalue weighted by Crippen LogP contribution is 2.21. The molecule has 0 amide bonds. The Morgan fingerprint density at radius 2 is 2.36 bits per heavy atom. The molecular weight excluding hydrogens is 178 g/mol. The molecule has 0 saturated carbocycles. The average molecular weight is 189 g/mol. The zero-order chi connectivity index (χ0) is 9.80. The zero-order valence-electron chi connectivity index (χ0n) is 7.63. The summed E-state index contributed by atoms with van der Waals surface area (Å²) in [5, 5.41) is 0. The van der Waals surface area contributed by atoms with Crippen molar-refractivity contribution in [3.8, 4) is 0 Å². The van der Waals surface area contributed by atoms with Crippen LogP contribution in [-0.4, -0.2) is 16.5 Å². The van der Waals surface area contributed by atoms with Crippen molar-refractivity contribution in [1.82, 2.24) is 9.97 Å². The maximum Gasteiger partial charge on any atom is 0.115 e. The predicted octanol–water partition coefficient (Wildman–Crippen LogP) is 1.16. The molecule has 1 atom stereocenters. The zero-order valence-corrected chi connectivity index (χ0v) is 7.63. The fourth-order valence-electron chi connectivity index (χ4n) is 1.38. The lowest BCUT2D eigenvalue weighted by Crippen LogP contribution is -2.14. The summed E-state index contributed by atoms with van der Waals surface area (Å²) in [6, 6.07) is 5.60. The minimum Gasteiger partial charge on any atom is -0.469 e. The van der Waals surface area contributed by atoms with Gasteiger partial charge < -0.3 is 10.2 Å². The van der Waals surface area contributed by atoms with E-state index in [1.165, 1.54) is 6.33 Å². The summed E-state index contributed by atoms with van der Waals surface area (Å²) < 4.78 is 5.30. The monoisotopic (exact) mass is 189 g/mol. The smallest absolute Gasteiger partial charge is 0.115 e. The second-order valence-corrected chi connectivity index (χ2v) is 2.94. The summed E-state index contributed by atoms with van der Waals surface area (Å²) in [6.07, 6.45) is 4.86. The van der Waals surface area contributed by atoms with Gasteiger partial charge in [0, 0.05) is 12.7 Å². The van der Waals surface area contributed by atoms with Gasteiger partial charge in [-0.25, -0.2) is 9.97 Å². The second-order valence-electron chi connectivity index (χ2n) is 2.94. The Morgan fingerprint density at radius 1 is 1.43 bits per heavy atom. The molecule has 72 valence electrons. The molecule has 1 unspecified atom stereocenters. The molecule has 0 spiro atoms. The van der Waals surface area contributed by atoms with E-state index in [9.17, 15) is 0 Å². The Morgan fingerprint density at radius 3 is 2.93 bits per heavy atom. The van der Waals surface area contributed by atoms with Crippen LogP contribution in [0.15, 0.2) is 41.4 Å². The lowest BCUT2D eigenvalue weighted by molar-refractivity contribution is 0.484. The van der Waals surface area contributed by atoms with E-state index in [1.54, 1.807) is 12.5 Å². The SMILES string of the molecule is NCC(c1ccncn1)c1ccco1. The molecule has 4 nitrogen and oxygen atoms in total. The van der Waals surface area contributed by atoms with E-state index in [0.717, 1.165) is 11.5 Å². The summed E-state index contributed by atoms with van der Waals surface area (Å²) in [5.74, 6) is 0.860. The van der Waals surface area contributed by atoms with E-state index in [1.807, 2.05) is 18.2 Å². The maximum atomic E-state index is 5.68. The predicted molar refractivity (Wildman–Crippen MR) is 51.6 cm³/mol. The van der Waals surface area contributed by atoms with Gasteiger partial charge in [-0.1, -0.05) is 0 Å². The minimum absolute atomic E-state index is 0.0213. The van der Waals surface area contributed by atoms with Gasteiger partial charge in [-0.3, -0.25) is 0 Å². The molecule has 0 bridgehead atoms. The molecule has 0 radical (unpaired) electrons. The summed E-state index contributed by atoms with van der Waals surface area (Å²) in [6.45, 7) is 0.477.